The molecule has 2 N–H and O–H groups in total. The van der Waals surface area contributed by atoms with Gasteiger partial charge in [-0.2, -0.15) is 11.8 Å². The molecule has 7 heteroatoms. The van der Waals surface area contributed by atoms with Gasteiger partial charge in [-0.3, -0.25) is 9.59 Å². The predicted octanol–water partition coefficient (Wildman–Crippen LogP) is -0.638. The number of amides is 2. The van der Waals surface area contributed by atoms with E-state index in [0.29, 0.717) is 19.4 Å². The normalized spacial score (nSPS) is 23.9. The summed E-state index contributed by atoms with van der Waals surface area (Å²) >= 11 is 1.89. The summed E-state index contributed by atoms with van der Waals surface area (Å²) in [5.41, 5.74) is 0. The molecule has 0 radical (unpaired) electrons. The van der Waals surface area contributed by atoms with E-state index in [1.807, 2.05) is 16.7 Å². The second-order valence-electron chi connectivity index (χ2n) is 5.71. The van der Waals surface area contributed by atoms with Crippen molar-refractivity contribution in [2.45, 2.75) is 18.9 Å². The van der Waals surface area contributed by atoms with Crippen LogP contribution in [0.1, 0.15) is 12.8 Å². The Bertz CT molecular complexity index is 353. The lowest BCUT2D eigenvalue weighted by Gasteiger charge is -2.32. The lowest BCUT2D eigenvalue weighted by molar-refractivity contribution is -0.132. The number of hydrogen-bond donors (Lipinski definition) is 2. The molecule has 2 aliphatic rings. The van der Waals surface area contributed by atoms with Gasteiger partial charge in [0.25, 0.3) is 0 Å². The first kappa shape index (κ1) is 16.6. The van der Waals surface area contributed by atoms with Crippen molar-refractivity contribution in [1.82, 2.24) is 20.4 Å². The third-order valence-corrected chi connectivity index (χ3v) is 5.08. The summed E-state index contributed by atoms with van der Waals surface area (Å²) in [4.78, 5) is 28.0. The van der Waals surface area contributed by atoms with Crippen molar-refractivity contribution in [2.24, 2.45) is 0 Å². The van der Waals surface area contributed by atoms with Gasteiger partial charge in [0, 0.05) is 69.7 Å². The second kappa shape index (κ2) is 8.60. The average Bonchev–Trinajstić information content (AvgIpc) is 2.49. The summed E-state index contributed by atoms with van der Waals surface area (Å²) in [6.07, 6.45) is 0.915. The third-order valence-electron chi connectivity index (χ3n) is 3.95. The molecular weight excluding hydrogens is 288 g/mol. The molecule has 0 aliphatic carbocycles. The Hall–Kier alpha value is -0.790. The van der Waals surface area contributed by atoms with Gasteiger partial charge in [0.1, 0.15) is 0 Å². The maximum absolute atomic E-state index is 12.0. The highest BCUT2D eigenvalue weighted by molar-refractivity contribution is 7.99. The van der Waals surface area contributed by atoms with Crippen LogP contribution < -0.4 is 10.6 Å². The topological polar surface area (TPSA) is 64.7 Å². The highest BCUT2D eigenvalue weighted by Crippen LogP contribution is 2.10. The molecule has 0 aromatic heterocycles. The molecule has 2 amide bonds. The van der Waals surface area contributed by atoms with Gasteiger partial charge < -0.3 is 20.4 Å². The summed E-state index contributed by atoms with van der Waals surface area (Å²) in [5, 5.41) is 6.21. The first-order valence-electron chi connectivity index (χ1n) is 7.69. The Labute approximate surface area is 131 Å². The third kappa shape index (κ3) is 5.84. The predicted molar refractivity (Wildman–Crippen MR) is 85.4 cm³/mol. The number of carbonyl (C=O) groups is 2. The van der Waals surface area contributed by atoms with Gasteiger partial charge in [0.15, 0.2) is 0 Å². The Morgan fingerprint density at radius 2 is 2.05 bits per heavy atom. The Morgan fingerprint density at radius 3 is 2.71 bits per heavy atom. The molecule has 1 atom stereocenters. The fourth-order valence-electron chi connectivity index (χ4n) is 2.57. The molecule has 2 heterocycles. The van der Waals surface area contributed by atoms with Crippen LogP contribution in [0.15, 0.2) is 0 Å². The molecule has 2 rings (SSSR count). The summed E-state index contributed by atoms with van der Waals surface area (Å²) in [6.45, 7) is 4.89. The molecule has 2 aliphatic heterocycles. The number of piperazine rings is 1. The number of rotatable bonds is 5. The molecule has 120 valence electrons. The van der Waals surface area contributed by atoms with E-state index >= 15 is 0 Å². The highest BCUT2D eigenvalue weighted by Gasteiger charge is 2.19. The van der Waals surface area contributed by atoms with Crippen molar-refractivity contribution >= 4 is 23.6 Å². The molecule has 2 fully saturated rings. The molecule has 1 unspecified atom stereocenters. The van der Waals surface area contributed by atoms with Gasteiger partial charge >= 0.3 is 0 Å². The van der Waals surface area contributed by atoms with Gasteiger partial charge in [0.05, 0.1) is 0 Å². The summed E-state index contributed by atoms with van der Waals surface area (Å²) in [7, 11) is 2.07. The van der Waals surface area contributed by atoms with Crippen molar-refractivity contribution < 1.29 is 9.59 Å². The Morgan fingerprint density at radius 1 is 1.29 bits per heavy atom. The fraction of sp³-hybridized carbons (Fsp3) is 0.857. The van der Waals surface area contributed by atoms with Crippen molar-refractivity contribution in [3.05, 3.63) is 0 Å². The van der Waals surface area contributed by atoms with Crippen LogP contribution >= 0.6 is 11.8 Å². The van der Waals surface area contributed by atoms with E-state index in [2.05, 4.69) is 22.6 Å². The first-order valence-corrected chi connectivity index (χ1v) is 8.85. The van der Waals surface area contributed by atoms with E-state index in [1.165, 1.54) is 0 Å². The van der Waals surface area contributed by atoms with Crippen molar-refractivity contribution in [3.63, 3.8) is 0 Å². The average molecular weight is 314 g/mol. The summed E-state index contributed by atoms with van der Waals surface area (Å²) < 4.78 is 0. The van der Waals surface area contributed by atoms with Crippen LogP contribution in [0.3, 0.4) is 0 Å². The second-order valence-corrected chi connectivity index (χ2v) is 6.86. The number of nitrogens with zero attached hydrogens (tertiary/aromatic N) is 2. The van der Waals surface area contributed by atoms with E-state index in [9.17, 15) is 9.59 Å². The van der Waals surface area contributed by atoms with Crippen LogP contribution in [-0.4, -0.2) is 85.5 Å². The van der Waals surface area contributed by atoms with Crippen LogP contribution in [0.4, 0.5) is 0 Å². The first-order chi connectivity index (χ1) is 10.1. The number of nitrogens with one attached hydrogen (secondary N) is 2. The summed E-state index contributed by atoms with van der Waals surface area (Å²) in [5.74, 6) is 2.31. The van der Waals surface area contributed by atoms with Gasteiger partial charge in [-0.15, -0.1) is 0 Å². The van der Waals surface area contributed by atoms with Crippen molar-refractivity contribution in [2.75, 3.05) is 57.8 Å². The molecule has 0 spiro atoms. The van der Waals surface area contributed by atoms with Crippen LogP contribution in [0.5, 0.6) is 0 Å². The molecule has 6 nitrogen and oxygen atoms in total. The van der Waals surface area contributed by atoms with Gasteiger partial charge in [-0.25, -0.2) is 0 Å². The maximum atomic E-state index is 12.0. The van der Waals surface area contributed by atoms with E-state index in [1.54, 1.807) is 0 Å². The number of likely N-dealkylation sites (N-methyl/N-ethyl adjacent to an activating group) is 1. The molecule has 0 aromatic rings. The molecule has 0 saturated carbocycles. The van der Waals surface area contributed by atoms with Gasteiger partial charge in [-0.05, 0) is 7.05 Å². The molecule has 0 aromatic carbocycles. The molecule has 0 bridgehead atoms. The number of carbonyl (C=O) groups excluding carboxylic acids is 2. The Balaban J connectivity index is 1.57. The fourth-order valence-corrected chi connectivity index (χ4v) is 3.52. The SMILES string of the molecule is CN1CCN(C(=O)CCNC(=O)CC2CSCCN2)CC1. The van der Waals surface area contributed by atoms with Crippen molar-refractivity contribution in [1.29, 1.82) is 0 Å². The number of thioether (sulfide) groups is 1. The monoisotopic (exact) mass is 314 g/mol. The smallest absolute Gasteiger partial charge is 0.224 e. The van der Waals surface area contributed by atoms with Gasteiger partial charge in [0.2, 0.25) is 11.8 Å². The molecule has 2 saturated heterocycles. The maximum Gasteiger partial charge on any atom is 0.224 e. The standard InChI is InChI=1S/C14H26N4O2S/c1-17-5-7-18(8-6-17)14(20)2-3-16-13(19)10-12-11-21-9-4-15-12/h12,15H,2-11H2,1H3,(H,16,19). The van der Waals surface area contributed by atoms with E-state index in [0.717, 1.165) is 44.2 Å². The lowest BCUT2D eigenvalue weighted by atomic mass is 10.2. The summed E-state index contributed by atoms with van der Waals surface area (Å²) in [6, 6.07) is 0.275. The van der Waals surface area contributed by atoms with Crippen LogP contribution in [-0.2, 0) is 9.59 Å². The number of hydrogen-bond acceptors (Lipinski definition) is 5. The molecular formula is C14H26N4O2S. The minimum atomic E-state index is 0.0428. The van der Waals surface area contributed by atoms with Crippen LogP contribution in [0, 0.1) is 0 Å². The zero-order valence-electron chi connectivity index (χ0n) is 12.8. The minimum Gasteiger partial charge on any atom is -0.356 e. The minimum absolute atomic E-state index is 0.0428. The highest BCUT2D eigenvalue weighted by atomic mass is 32.2. The van der Waals surface area contributed by atoms with Crippen LogP contribution in [0.2, 0.25) is 0 Å². The zero-order valence-corrected chi connectivity index (χ0v) is 13.6. The Kier molecular flexibility index (Phi) is 6.79. The zero-order chi connectivity index (χ0) is 15.1. The van der Waals surface area contributed by atoms with Crippen LogP contribution in [0.25, 0.3) is 0 Å². The van der Waals surface area contributed by atoms with Crippen molar-refractivity contribution in [3.8, 4) is 0 Å². The largest absolute Gasteiger partial charge is 0.356 e. The van der Waals surface area contributed by atoms with E-state index < -0.39 is 0 Å². The quantitative estimate of drug-likeness (QED) is 0.707. The van der Waals surface area contributed by atoms with E-state index in [4.69, 9.17) is 0 Å². The van der Waals surface area contributed by atoms with Gasteiger partial charge in [-0.1, -0.05) is 0 Å². The molecule has 21 heavy (non-hydrogen) atoms. The lowest BCUT2D eigenvalue weighted by Crippen LogP contribution is -2.47. The van der Waals surface area contributed by atoms with E-state index in [-0.39, 0.29) is 17.9 Å².